The number of likely N-dealkylation sites (N-methyl/N-ethyl adjacent to an activating group) is 1. The van der Waals surface area contributed by atoms with Crippen LogP contribution in [0.15, 0.2) is 29.6 Å². The first-order valence-corrected chi connectivity index (χ1v) is 8.05. The van der Waals surface area contributed by atoms with Crippen molar-refractivity contribution in [2.75, 3.05) is 7.05 Å². The lowest BCUT2D eigenvalue weighted by Crippen LogP contribution is -2.40. The molecule has 1 atom stereocenters. The van der Waals surface area contributed by atoms with Crippen molar-refractivity contribution < 1.29 is 4.79 Å². The summed E-state index contributed by atoms with van der Waals surface area (Å²) in [6, 6.07) is 8.74. The van der Waals surface area contributed by atoms with E-state index in [1.807, 2.05) is 11.9 Å². The summed E-state index contributed by atoms with van der Waals surface area (Å²) in [6.45, 7) is 0.387. The van der Waals surface area contributed by atoms with Crippen molar-refractivity contribution in [3.63, 3.8) is 0 Å². The molecule has 6 heteroatoms. The van der Waals surface area contributed by atoms with Crippen LogP contribution in [-0.4, -0.2) is 28.9 Å². The summed E-state index contributed by atoms with van der Waals surface area (Å²) in [6.07, 6.45) is 2.96. The number of halogens is 1. The second-order valence-electron chi connectivity index (χ2n) is 5.41. The average molecular weight is 338 g/mol. The third-order valence-corrected chi connectivity index (χ3v) is 5.01. The Bertz CT molecular complexity index is 658. The van der Waals surface area contributed by atoms with Crippen molar-refractivity contribution in [3.8, 4) is 0 Å². The highest BCUT2D eigenvalue weighted by Gasteiger charge is 2.26. The van der Waals surface area contributed by atoms with Crippen LogP contribution in [-0.2, 0) is 19.4 Å². The zero-order chi connectivity index (χ0) is 14.8. The second kappa shape index (κ2) is 7.22. The highest BCUT2D eigenvalue weighted by Crippen LogP contribution is 2.25. The fourth-order valence-electron chi connectivity index (χ4n) is 2.86. The lowest BCUT2D eigenvalue weighted by atomic mass is 9.87. The predicted octanol–water partition coefficient (Wildman–Crippen LogP) is 2.65. The Kier molecular flexibility index (Phi) is 5.56. The van der Waals surface area contributed by atoms with E-state index in [0.717, 1.165) is 24.3 Å². The van der Waals surface area contributed by atoms with Crippen molar-refractivity contribution >= 4 is 29.7 Å². The predicted molar refractivity (Wildman–Crippen MR) is 91.6 cm³/mol. The van der Waals surface area contributed by atoms with Gasteiger partial charge >= 0.3 is 0 Å². The smallest absolute Gasteiger partial charge is 0.273 e. The summed E-state index contributed by atoms with van der Waals surface area (Å²) in [7, 11) is 1.88. The highest BCUT2D eigenvalue weighted by molar-refractivity contribution is 7.09. The molecule has 0 radical (unpaired) electrons. The lowest BCUT2D eigenvalue weighted by molar-refractivity contribution is 0.0713. The Morgan fingerprint density at radius 1 is 1.41 bits per heavy atom. The largest absolute Gasteiger partial charge is 0.337 e. The number of thiazole rings is 1. The van der Waals surface area contributed by atoms with Crippen LogP contribution in [0.4, 0.5) is 0 Å². The van der Waals surface area contributed by atoms with Crippen molar-refractivity contribution in [1.29, 1.82) is 0 Å². The lowest BCUT2D eigenvalue weighted by Gasteiger charge is -2.32. The molecular formula is C16H20ClN3OS. The maximum absolute atomic E-state index is 12.5. The quantitative estimate of drug-likeness (QED) is 0.936. The van der Waals surface area contributed by atoms with Gasteiger partial charge in [0.2, 0.25) is 0 Å². The molecule has 1 aromatic heterocycles. The van der Waals surface area contributed by atoms with Gasteiger partial charge in [0.1, 0.15) is 10.7 Å². The molecule has 118 valence electrons. The van der Waals surface area contributed by atoms with Gasteiger partial charge in [-0.1, -0.05) is 24.3 Å². The van der Waals surface area contributed by atoms with Gasteiger partial charge in [-0.05, 0) is 30.4 Å². The van der Waals surface area contributed by atoms with E-state index in [4.69, 9.17) is 5.73 Å². The molecule has 0 saturated heterocycles. The topological polar surface area (TPSA) is 59.2 Å². The van der Waals surface area contributed by atoms with E-state index in [-0.39, 0.29) is 24.4 Å². The number of carbonyl (C=O) groups is 1. The molecule has 0 bridgehead atoms. The van der Waals surface area contributed by atoms with Gasteiger partial charge in [-0.3, -0.25) is 4.79 Å². The van der Waals surface area contributed by atoms with E-state index >= 15 is 0 Å². The van der Waals surface area contributed by atoms with Crippen molar-refractivity contribution in [1.82, 2.24) is 9.88 Å². The minimum atomic E-state index is -0.00432. The number of hydrogen-bond donors (Lipinski definition) is 1. The molecule has 1 aliphatic carbocycles. The van der Waals surface area contributed by atoms with Crippen molar-refractivity contribution in [2.45, 2.75) is 31.8 Å². The molecule has 0 saturated carbocycles. The summed E-state index contributed by atoms with van der Waals surface area (Å²) in [5.74, 6) is -0.00432. The van der Waals surface area contributed by atoms with E-state index in [2.05, 4.69) is 29.2 Å². The van der Waals surface area contributed by atoms with Crippen molar-refractivity contribution in [3.05, 3.63) is 51.5 Å². The van der Waals surface area contributed by atoms with Crippen molar-refractivity contribution in [2.24, 2.45) is 5.73 Å². The molecule has 3 rings (SSSR count). The molecular weight excluding hydrogens is 318 g/mol. The number of aryl methyl sites for hydroxylation is 1. The summed E-state index contributed by atoms with van der Waals surface area (Å²) < 4.78 is 0. The molecule has 2 N–H and O–H groups in total. The van der Waals surface area contributed by atoms with Gasteiger partial charge in [-0.2, -0.15) is 0 Å². The van der Waals surface area contributed by atoms with E-state index in [0.29, 0.717) is 12.2 Å². The first kappa shape index (κ1) is 16.9. The fraction of sp³-hybridized carbons (Fsp3) is 0.375. The molecule has 0 aliphatic heterocycles. The summed E-state index contributed by atoms with van der Waals surface area (Å²) in [5.41, 5.74) is 8.84. The van der Waals surface area contributed by atoms with E-state index in [1.54, 1.807) is 5.38 Å². The van der Waals surface area contributed by atoms with Gasteiger partial charge in [-0.15, -0.1) is 23.7 Å². The molecule has 1 heterocycles. The minimum absolute atomic E-state index is 0. The van der Waals surface area contributed by atoms with Crippen LogP contribution in [0.1, 0.15) is 33.0 Å². The number of benzene rings is 1. The van der Waals surface area contributed by atoms with E-state index in [9.17, 15) is 4.79 Å². The standard InChI is InChI=1S/C16H19N3OS.ClH/c1-19(16(20)14-10-21-15(9-17)18-14)13-7-6-11-4-2-3-5-12(11)8-13;/h2-5,10,13H,6-9,17H2,1H3;1H. The van der Waals surface area contributed by atoms with E-state index < -0.39 is 0 Å². The Morgan fingerprint density at radius 2 is 2.14 bits per heavy atom. The van der Waals surface area contributed by atoms with Gasteiger partial charge in [0, 0.05) is 25.0 Å². The fourth-order valence-corrected chi connectivity index (χ4v) is 3.51. The summed E-state index contributed by atoms with van der Waals surface area (Å²) in [4.78, 5) is 18.6. The Balaban J connectivity index is 0.00000176. The number of carbonyl (C=O) groups excluding carboxylic acids is 1. The molecule has 0 spiro atoms. The van der Waals surface area contributed by atoms with Gasteiger partial charge < -0.3 is 10.6 Å². The molecule has 2 aromatic rings. The van der Waals surface area contributed by atoms with Crippen LogP contribution < -0.4 is 5.73 Å². The summed E-state index contributed by atoms with van der Waals surface area (Å²) in [5, 5.41) is 2.61. The Hall–Kier alpha value is -1.43. The third-order valence-electron chi connectivity index (χ3n) is 4.13. The average Bonchev–Trinajstić information content (AvgIpc) is 3.02. The number of aromatic nitrogens is 1. The monoisotopic (exact) mass is 337 g/mol. The zero-order valence-corrected chi connectivity index (χ0v) is 14.1. The van der Waals surface area contributed by atoms with Crippen LogP contribution in [0.5, 0.6) is 0 Å². The molecule has 1 aromatic carbocycles. The number of fused-ring (bicyclic) bond motifs is 1. The number of nitrogens with two attached hydrogens (primary N) is 1. The third kappa shape index (κ3) is 3.32. The molecule has 1 aliphatic rings. The number of rotatable bonds is 3. The van der Waals surface area contributed by atoms with Crippen LogP contribution >= 0.6 is 23.7 Å². The first-order chi connectivity index (χ1) is 10.2. The van der Waals surface area contributed by atoms with Gasteiger partial charge in [0.15, 0.2) is 0 Å². The Morgan fingerprint density at radius 3 is 2.82 bits per heavy atom. The molecule has 1 unspecified atom stereocenters. The zero-order valence-electron chi connectivity index (χ0n) is 12.5. The van der Waals surface area contributed by atoms with E-state index in [1.165, 1.54) is 22.5 Å². The highest BCUT2D eigenvalue weighted by atomic mass is 35.5. The van der Waals surface area contributed by atoms with Gasteiger partial charge in [0.05, 0.1) is 0 Å². The molecule has 1 amide bonds. The molecule has 0 fully saturated rings. The van der Waals surface area contributed by atoms with Gasteiger partial charge in [0.25, 0.3) is 5.91 Å². The van der Waals surface area contributed by atoms with Gasteiger partial charge in [-0.25, -0.2) is 4.98 Å². The summed E-state index contributed by atoms with van der Waals surface area (Å²) >= 11 is 1.45. The maximum atomic E-state index is 12.5. The van der Waals surface area contributed by atoms with Crippen LogP contribution in [0.2, 0.25) is 0 Å². The number of hydrogen-bond acceptors (Lipinski definition) is 4. The van der Waals surface area contributed by atoms with Crippen LogP contribution in [0.3, 0.4) is 0 Å². The molecule has 4 nitrogen and oxygen atoms in total. The minimum Gasteiger partial charge on any atom is -0.337 e. The Labute approximate surface area is 140 Å². The van der Waals surface area contributed by atoms with Crippen LogP contribution in [0, 0.1) is 0 Å². The molecule has 22 heavy (non-hydrogen) atoms. The number of nitrogens with zero attached hydrogens (tertiary/aromatic N) is 2. The maximum Gasteiger partial charge on any atom is 0.273 e. The number of amides is 1. The first-order valence-electron chi connectivity index (χ1n) is 7.17. The van der Waals surface area contributed by atoms with Crippen LogP contribution in [0.25, 0.3) is 0 Å². The normalized spacial score (nSPS) is 16.5. The SMILES string of the molecule is CN(C(=O)c1csc(CN)n1)C1CCc2ccccc2C1.Cl. The second-order valence-corrected chi connectivity index (χ2v) is 6.35.